The van der Waals surface area contributed by atoms with Crippen LogP contribution in [0, 0.1) is 0 Å². The molecule has 3 heterocycles. The number of nitrogens with two attached hydrogens (primary N) is 1. The van der Waals surface area contributed by atoms with Crippen molar-refractivity contribution in [2.45, 2.75) is 18.0 Å². The van der Waals surface area contributed by atoms with Crippen LogP contribution in [-0.2, 0) is 21.4 Å². The van der Waals surface area contributed by atoms with E-state index in [4.69, 9.17) is 20.2 Å². The molecule has 1 spiro atoms. The first kappa shape index (κ1) is 15.7. The summed E-state index contributed by atoms with van der Waals surface area (Å²) >= 11 is 0. The molecule has 0 saturated carbocycles. The van der Waals surface area contributed by atoms with Gasteiger partial charge in [0.1, 0.15) is 18.5 Å². The monoisotopic (exact) mass is 351 g/mol. The topological polar surface area (TPSA) is 85.9 Å². The fourth-order valence-electron chi connectivity index (χ4n) is 4.42. The van der Waals surface area contributed by atoms with Crippen LogP contribution in [0.1, 0.15) is 11.1 Å². The highest BCUT2D eigenvalue weighted by Crippen LogP contribution is 2.46. The maximum atomic E-state index is 5.95. The molecule has 1 aliphatic carbocycles. The molecule has 0 bridgehead atoms. The molecule has 3 aliphatic rings. The van der Waals surface area contributed by atoms with Gasteiger partial charge in [-0.15, -0.1) is 0 Å². The number of nitrogens with zero attached hydrogens (tertiary/aromatic N) is 4. The van der Waals surface area contributed by atoms with Crippen LogP contribution < -0.4 is 5.73 Å². The quantitative estimate of drug-likeness (QED) is 0.867. The molecule has 26 heavy (non-hydrogen) atoms. The third-order valence-electron chi connectivity index (χ3n) is 5.67. The molecule has 7 heteroatoms. The van der Waals surface area contributed by atoms with Crippen molar-refractivity contribution in [3.05, 3.63) is 48.0 Å². The minimum absolute atomic E-state index is 0.240. The van der Waals surface area contributed by atoms with Crippen LogP contribution in [0.4, 0.5) is 0 Å². The van der Waals surface area contributed by atoms with E-state index in [9.17, 15) is 0 Å². The van der Waals surface area contributed by atoms with Gasteiger partial charge in [-0.05, 0) is 29.2 Å². The van der Waals surface area contributed by atoms with Gasteiger partial charge in [0.2, 0.25) is 0 Å². The van der Waals surface area contributed by atoms with Gasteiger partial charge in [-0.1, -0.05) is 12.1 Å². The Kier molecular flexibility index (Phi) is 3.65. The number of aliphatic imine (C=N–C) groups is 1. The smallest absolute Gasteiger partial charge is 0.283 e. The molecular formula is C19H21N5O2. The van der Waals surface area contributed by atoms with Gasteiger partial charge >= 0.3 is 0 Å². The molecule has 7 nitrogen and oxygen atoms in total. The lowest BCUT2D eigenvalue weighted by atomic mass is 9.88. The molecule has 1 aromatic heterocycles. The molecular weight excluding hydrogens is 330 g/mol. The summed E-state index contributed by atoms with van der Waals surface area (Å²) in [5.41, 5.74) is 10.1. The Labute approximate surface area is 151 Å². The highest BCUT2D eigenvalue weighted by Gasteiger charge is 2.53. The molecule has 1 saturated heterocycles. The van der Waals surface area contributed by atoms with Gasteiger partial charge in [0.15, 0.2) is 0 Å². The van der Waals surface area contributed by atoms with Gasteiger partial charge in [0.05, 0.1) is 13.2 Å². The summed E-state index contributed by atoms with van der Waals surface area (Å²) in [6.07, 6.45) is 6.15. The second-order valence-corrected chi connectivity index (χ2v) is 7.03. The summed E-state index contributed by atoms with van der Waals surface area (Å²) in [5, 5.41) is 0. The van der Waals surface area contributed by atoms with Crippen molar-refractivity contribution in [1.82, 2.24) is 14.9 Å². The second-order valence-electron chi connectivity index (χ2n) is 7.03. The van der Waals surface area contributed by atoms with Gasteiger partial charge in [-0.3, -0.25) is 4.90 Å². The maximum absolute atomic E-state index is 5.95. The van der Waals surface area contributed by atoms with E-state index in [1.54, 1.807) is 6.33 Å². The van der Waals surface area contributed by atoms with E-state index >= 15 is 0 Å². The zero-order chi connectivity index (χ0) is 17.6. The summed E-state index contributed by atoms with van der Waals surface area (Å²) in [7, 11) is 0. The molecule has 2 aromatic rings. The first-order valence-electron chi connectivity index (χ1n) is 8.95. The number of hydrogen-bond acceptors (Lipinski definition) is 7. The van der Waals surface area contributed by atoms with Gasteiger partial charge in [0.25, 0.3) is 6.02 Å². The molecule has 1 fully saturated rings. The molecule has 2 aliphatic heterocycles. The van der Waals surface area contributed by atoms with E-state index in [-0.39, 0.29) is 12.1 Å². The van der Waals surface area contributed by atoms with E-state index in [2.05, 4.69) is 33.1 Å². The molecule has 0 amide bonds. The van der Waals surface area contributed by atoms with Crippen molar-refractivity contribution in [3.8, 4) is 11.1 Å². The Morgan fingerprint density at radius 2 is 1.92 bits per heavy atom. The Balaban J connectivity index is 1.59. The predicted octanol–water partition coefficient (Wildman–Crippen LogP) is 0.941. The summed E-state index contributed by atoms with van der Waals surface area (Å²) < 4.78 is 11.2. The van der Waals surface area contributed by atoms with Crippen LogP contribution >= 0.6 is 0 Å². The summed E-state index contributed by atoms with van der Waals surface area (Å²) in [4.78, 5) is 15.6. The second kappa shape index (κ2) is 6.03. The van der Waals surface area contributed by atoms with Crippen LogP contribution in [0.5, 0.6) is 0 Å². The first-order chi connectivity index (χ1) is 12.8. The number of benzene rings is 1. The number of aromatic nitrogens is 2. The molecule has 2 N–H and O–H groups in total. The van der Waals surface area contributed by atoms with Crippen molar-refractivity contribution in [1.29, 1.82) is 0 Å². The molecule has 2 unspecified atom stereocenters. The summed E-state index contributed by atoms with van der Waals surface area (Å²) in [5.74, 6) is 0. The number of rotatable bonds is 2. The van der Waals surface area contributed by atoms with Gasteiger partial charge < -0.3 is 15.2 Å². The molecule has 1 aromatic carbocycles. The fraction of sp³-hybridized carbons (Fsp3) is 0.421. The van der Waals surface area contributed by atoms with Crippen LogP contribution in [0.2, 0.25) is 0 Å². The summed E-state index contributed by atoms with van der Waals surface area (Å²) in [6, 6.07) is 7.06. The Morgan fingerprint density at radius 3 is 2.65 bits per heavy atom. The Bertz CT molecular complexity index is 850. The lowest BCUT2D eigenvalue weighted by Crippen LogP contribution is -2.52. The highest BCUT2D eigenvalue weighted by molar-refractivity contribution is 5.75. The number of hydrogen-bond donors (Lipinski definition) is 1. The normalized spacial score (nSPS) is 28.0. The largest absolute Gasteiger partial charge is 0.462 e. The maximum Gasteiger partial charge on any atom is 0.283 e. The Hall–Kier alpha value is -2.51. The molecule has 2 atom stereocenters. The van der Waals surface area contributed by atoms with Crippen LogP contribution in [0.25, 0.3) is 11.1 Å². The van der Waals surface area contributed by atoms with E-state index < -0.39 is 5.54 Å². The minimum Gasteiger partial charge on any atom is -0.462 e. The van der Waals surface area contributed by atoms with Crippen molar-refractivity contribution >= 4 is 6.02 Å². The van der Waals surface area contributed by atoms with Crippen LogP contribution in [-0.4, -0.2) is 59.8 Å². The molecule has 134 valence electrons. The first-order valence-corrected chi connectivity index (χ1v) is 8.95. The van der Waals surface area contributed by atoms with Crippen molar-refractivity contribution < 1.29 is 9.47 Å². The van der Waals surface area contributed by atoms with E-state index in [0.29, 0.717) is 6.61 Å². The van der Waals surface area contributed by atoms with Crippen LogP contribution in [0.15, 0.2) is 41.9 Å². The molecule has 5 rings (SSSR count). The van der Waals surface area contributed by atoms with Gasteiger partial charge in [-0.25, -0.2) is 15.0 Å². The zero-order valence-electron chi connectivity index (χ0n) is 14.5. The standard InChI is InChI=1S/C19H21N5O2/c20-18-23-19(11-26-18)16-7-13(15-9-21-12-22-10-15)1-2-14(16)8-17(19)24-3-5-25-6-4-24/h1-2,7,9-10,12,17H,3-6,8,11H2,(H2,20,23). The third kappa shape index (κ3) is 2.39. The minimum atomic E-state index is -0.442. The fourth-order valence-corrected chi connectivity index (χ4v) is 4.42. The van der Waals surface area contributed by atoms with Crippen LogP contribution in [0.3, 0.4) is 0 Å². The Morgan fingerprint density at radius 1 is 1.12 bits per heavy atom. The lowest BCUT2D eigenvalue weighted by molar-refractivity contribution is -0.00263. The number of fused-ring (bicyclic) bond motifs is 2. The average Bonchev–Trinajstić information content (AvgIpc) is 3.24. The number of morpholine rings is 1. The summed E-state index contributed by atoms with van der Waals surface area (Å²) in [6.45, 7) is 3.83. The number of amidine groups is 1. The lowest BCUT2D eigenvalue weighted by Gasteiger charge is -2.39. The number of ether oxygens (including phenoxy) is 2. The SMILES string of the molecule is NC1=NC2(CO1)c1cc(-c3cncnc3)ccc1CC2N1CCOCC1. The molecule has 0 radical (unpaired) electrons. The van der Waals surface area contributed by atoms with Gasteiger partial charge in [0, 0.05) is 37.1 Å². The zero-order valence-corrected chi connectivity index (χ0v) is 14.5. The highest BCUT2D eigenvalue weighted by atomic mass is 16.5. The predicted molar refractivity (Wildman–Crippen MR) is 96.6 cm³/mol. The van der Waals surface area contributed by atoms with E-state index in [1.807, 2.05) is 12.4 Å². The van der Waals surface area contributed by atoms with Crippen molar-refractivity contribution in [2.75, 3.05) is 32.9 Å². The van der Waals surface area contributed by atoms with E-state index in [0.717, 1.165) is 43.9 Å². The van der Waals surface area contributed by atoms with E-state index in [1.165, 1.54) is 11.1 Å². The average molecular weight is 351 g/mol. The van der Waals surface area contributed by atoms with Gasteiger partial charge in [-0.2, -0.15) is 0 Å². The van der Waals surface area contributed by atoms with Crippen molar-refractivity contribution in [3.63, 3.8) is 0 Å². The van der Waals surface area contributed by atoms with Crippen molar-refractivity contribution in [2.24, 2.45) is 10.7 Å². The third-order valence-corrected chi connectivity index (χ3v) is 5.67.